The number of hydrogen-bond donors (Lipinski definition) is 1. The summed E-state index contributed by atoms with van der Waals surface area (Å²) >= 11 is 0. The smallest absolute Gasteiger partial charge is 0.236 e. The fourth-order valence-corrected chi connectivity index (χ4v) is 0.155. The first kappa shape index (κ1) is 17.3. The van der Waals surface area contributed by atoms with E-state index in [2.05, 4.69) is 24.4 Å². The molecule has 0 aliphatic carbocycles. The van der Waals surface area contributed by atoms with Crippen molar-refractivity contribution in [2.75, 3.05) is 0 Å². The maximum absolute atomic E-state index is 9.98. The highest BCUT2D eigenvalue weighted by Gasteiger charge is 1.78. The van der Waals surface area contributed by atoms with Gasteiger partial charge in [-0.05, 0) is 6.92 Å². The molecule has 1 amide bonds. The van der Waals surface area contributed by atoms with Crippen molar-refractivity contribution in [3.8, 4) is 0 Å². The molecule has 0 atom stereocenters. The molecule has 0 heterocycles. The second-order valence-corrected chi connectivity index (χ2v) is 1.76. The Morgan fingerprint density at radius 3 is 1.92 bits per heavy atom. The van der Waals surface area contributed by atoms with E-state index >= 15 is 0 Å². The number of hydrazone groups is 1. The minimum Gasteiger partial charge on any atom is -0.274 e. The number of nitrogens with zero attached hydrogens (tertiary/aromatic N) is 1. The summed E-state index contributed by atoms with van der Waals surface area (Å²) in [6.07, 6.45) is 2.77. The number of nitrogens with one attached hydrogen (secondary N) is 1. The van der Waals surface area contributed by atoms with Gasteiger partial charge in [-0.15, -0.1) is 0 Å². The van der Waals surface area contributed by atoms with Crippen LogP contribution in [0.2, 0.25) is 0 Å². The summed E-state index contributed by atoms with van der Waals surface area (Å²) in [7, 11) is 0. The fraction of sp³-hybridized carbons (Fsp3) is 0.778. The molecule has 0 aromatic heterocycles. The van der Waals surface area contributed by atoms with Gasteiger partial charge in [0.25, 0.3) is 0 Å². The van der Waals surface area contributed by atoms with Crippen molar-refractivity contribution in [3.05, 3.63) is 0 Å². The third kappa shape index (κ3) is 61.4. The Morgan fingerprint density at radius 2 is 1.83 bits per heavy atom. The largest absolute Gasteiger partial charge is 0.274 e. The van der Waals surface area contributed by atoms with E-state index in [-0.39, 0.29) is 7.33 Å². The van der Waals surface area contributed by atoms with E-state index < -0.39 is 0 Å². The molecule has 0 aliphatic heterocycles. The molecule has 0 aliphatic rings. The van der Waals surface area contributed by atoms with E-state index in [1.165, 1.54) is 19.6 Å². The highest BCUT2D eigenvalue weighted by molar-refractivity contribution is 5.73. The Hall–Kier alpha value is -0.860. The van der Waals surface area contributed by atoms with Gasteiger partial charge in [0.15, 0.2) is 0 Å². The molecule has 0 aromatic carbocycles. The Balaban J connectivity index is -0.0000000581. The SMILES string of the molecule is C/C=N/NC(C)=O.CC.CCC.[HH]. The number of carbonyl (C=O) groups is 1. The number of amides is 1. The van der Waals surface area contributed by atoms with E-state index in [9.17, 15) is 4.79 Å². The van der Waals surface area contributed by atoms with Crippen molar-refractivity contribution >= 4 is 12.1 Å². The molecule has 1 N–H and O–H groups in total. The standard InChI is InChI=1S/C4H8N2O.C3H8.C2H6.H2/c1-3-5-6-4(2)7;1-3-2;1-2;/h3H,1-2H3,(H,6,7);3H2,1-2H3;1-2H3;1H/b5-3+;;;. The summed E-state index contributed by atoms with van der Waals surface area (Å²) < 4.78 is 0. The van der Waals surface area contributed by atoms with Crippen molar-refractivity contribution in [2.45, 2.75) is 48.0 Å². The highest BCUT2D eigenvalue weighted by atomic mass is 16.2. The van der Waals surface area contributed by atoms with Gasteiger partial charge in [0.1, 0.15) is 0 Å². The third-order valence-electron chi connectivity index (χ3n) is 0.351. The zero-order valence-electron chi connectivity index (χ0n) is 9.14. The van der Waals surface area contributed by atoms with Crippen molar-refractivity contribution in [1.29, 1.82) is 0 Å². The highest BCUT2D eigenvalue weighted by Crippen LogP contribution is 1.56. The monoisotopic (exact) mass is 176 g/mol. The van der Waals surface area contributed by atoms with Crippen LogP contribution in [0.15, 0.2) is 5.10 Å². The maximum Gasteiger partial charge on any atom is 0.236 e. The Labute approximate surface area is 77.7 Å². The molecular weight excluding hydrogens is 152 g/mol. The lowest BCUT2D eigenvalue weighted by Crippen LogP contribution is -2.11. The first-order valence-corrected chi connectivity index (χ1v) is 4.43. The zero-order valence-corrected chi connectivity index (χ0v) is 9.14. The molecule has 0 radical (unpaired) electrons. The predicted molar refractivity (Wildman–Crippen MR) is 57.4 cm³/mol. The summed E-state index contributed by atoms with van der Waals surface area (Å²) in [5, 5.41) is 3.45. The van der Waals surface area contributed by atoms with Crippen LogP contribution in [0.5, 0.6) is 0 Å². The Kier molecular flexibility index (Phi) is 32.4. The van der Waals surface area contributed by atoms with Gasteiger partial charge in [-0.25, -0.2) is 5.43 Å². The van der Waals surface area contributed by atoms with Gasteiger partial charge in [-0.2, -0.15) is 5.10 Å². The van der Waals surface area contributed by atoms with Crippen molar-refractivity contribution in [2.24, 2.45) is 5.10 Å². The molecule has 0 unspecified atom stereocenters. The zero-order chi connectivity index (χ0) is 10.4. The number of rotatable bonds is 1. The van der Waals surface area contributed by atoms with Gasteiger partial charge in [0.05, 0.1) is 0 Å². The molecule has 0 spiro atoms. The van der Waals surface area contributed by atoms with Gasteiger partial charge in [-0.3, -0.25) is 4.79 Å². The second kappa shape index (κ2) is 22.5. The molecule has 3 nitrogen and oxygen atoms in total. The number of carbonyl (C=O) groups excluding carboxylic acids is 1. The molecule has 0 fully saturated rings. The quantitative estimate of drug-likeness (QED) is 0.484. The Morgan fingerprint density at radius 1 is 1.50 bits per heavy atom. The molecule has 76 valence electrons. The maximum atomic E-state index is 9.98. The van der Waals surface area contributed by atoms with Crippen LogP contribution in [0.4, 0.5) is 0 Å². The van der Waals surface area contributed by atoms with E-state index in [1.807, 2.05) is 13.8 Å². The fourth-order valence-electron chi connectivity index (χ4n) is 0.155. The van der Waals surface area contributed by atoms with Crippen molar-refractivity contribution in [3.63, 3.8) is 0 Å². The van der Waals surface area contributed by atoms with Crippen molar-refractivity contribution < 1.29 is 6.22 Å². The van der Waals surface area contributed by atoms with Crippen LogP contribution < -0.4 is 5.43 Å². The topological polar surface area (TPSA) is 41.5 Å². The number of hydrogen-bond acceptors (Lipinski definition) is 2. The van der Waals surface area contributed by atoms with E-state index in [4.69, 9.17) is 0 Å². The summed E-state index contributed by atoms with van der Waals surface area (Å²) in [5.41, 5.74) is 2.23. The predicted octanol–water partition coefficient (Wildman–Crippen LogP) is 2.82. The van der Waals surface area contributed by atoms with Gasteiger partial charge in [0, 0.05) is 14.6 Å². The average Bonchev–Trinajstić information content (AvgIpc) is 2.06. The van der Waals surface area contributed by atoms with Gasteiger partial charge < -0.3 is 0 Å². The normalized spacial score (nSPS) is 7.50. The molecule has 0 aromatic rings. The lowest BCUT2D eigenvalue weighted by molar-refractivity contribution is -0.118. The molecule has 0 saturated carbocycles. The van der Waals surface area contributed by atoms with E-state index in [0.29, 0.717) is 0 Å². The van der Waals surface area contributed by atoms with E-state index in [0.717, 1.165) is 0 Å². The van der Waals surface area contributed by atoms with Crippen LogP contribution in [0.1, 0.15) is 49.4 Å². The van der Waals surface area contributed by atoms with Crippen LogP contribution >= 0.6 is 0 Å². The first-order chi connectivity index (χ1) is 5.68. The summed E-state index contributed by atoms with van der Waals surface area (Å²) in [4.78, 5) is 9.98. The van der Waals surface area contributed by atoms with Gasteiger partial charge in [-0.1, -0.05) is 34.1 Å². The summed E-state index contributed by atoms with van der Waals surface area (Å²) in [6, 6.07) is 0. The average molecular weight is 176 g/mol. The molecule has 0 bridgehead atoms. The second-order valence-electron chi connectivity index (χ2n) is 1.76. The summed E-state index contributed by atoms with van der Waals surface area (Å²) in [6.45, 7) is 11.4. The Bertz CT molecular complexity index is 106. The van der Waals surface area contributed by atoms with Crippen LogP contribution in [0.25, 0.3) is 0 Å². The molecule has 0 rings (SSSR count). The first-order valence-electron chi connectivity index (χ1n) is 4.43. The summed E-state index contributed by atoms with van der Waals surface area (Å²) in [5.74, 6) is -0.141. The minimum atomic E-state index is -0.141. The molecule has 0 saturated heterocycles. The third-order valence-corrected chi connectivity index (χ3v) is 0.351. The van der Waals surface area contributed by atoms with Crippen LogP contribution in [-0.2, 0) is 4.79 Å². The lowest BCUT2D eigenvalue weighted by atomic mass is 10.6. The molecular formula is C9H24N2O. The van der Waals surface area contributed by atoms with Crippen LogP contribution in [-0.4, -0.2) is 12.1 Å². The van der Waals surface area contributed by atoms with Gasteiger partial charge >= 0.3 is 0 Å². The minimum absolute atomic E-state index is 0. The lowest BCUT2D eigenvalue weighted by Gasteiger charge is -1.84. The molecule has 3 heteroatoms. The molecule has 12 heavy (non-hydrogen) atoms. The van der Waals surface area contributed by atoms with Gasteiger partial charge in [0.2, 0.25) is 5.91 Å². The van der Waals surface area contributed by atoms with Crippen LogP contribution in [0.3, 0.4) is 0 Å². The van der Waals surface area contributed by atoms with E-state index in [1.54, 1.807) is 6.92 Å². The van der Waals surface area contributed by atoms with Crippen molar-refractivity contribution in [1.82, 2.24) is 5.43 Å². The van der Waals surface area contributed by atoms with Crippen LogP contribution in [0, 0.1) is 0 Å².